The van der Waals surface area contributed by atoms with E-state index in [0.717, 1.165) is 12.1 Å². The van der Waals surface area contributed by atoms with Crippen LogP contribution in [0.3, 0.4) is 0 Å². The quantitative estimate of drug-likeness (QED) is 0.822. The predicted molar refractivity (Wildman–Crippen MR) is 75.3 cm³/mol. The Balaban J connectivity index is 3.04. The van der Waals surface area contributed by atoms with Gasteiger partial charge in [-0.15, -0.1) is 0 Å². The van der Waals surface area contributed by atoms with Crippen molar-refractivity contribution in [2.75, 3.05) is 12.4 Å². The van der Waals surface area contributed by atoms with Crippen LogP contribution in [0.4, 0.5) is 5.69 Å². The van der Waals surface area contributed by atoms with Gasteiger partial charge in [-0.1, -0.05) is 32.4 Å². The van der Waals surface area contributed by atoms with Gasteiger partial charge >= 0.3 is 5.97 Å². The summed E-state index contributed by atoms with van der Waals surface area (Å²) in [6.45, 7) is 6.41. The van der Waals surface area contributed by atoms with Crippen LogP contribution in [0.5, 0.6) is 0 Å². The maximum Gasteiger partial charge on any atom is 0.340 e. The van der Waals surface area contributed by atoms with Crippen molar-refractivity contribution < 1.29 is 9.53 Å². The van der Waals surface area contributed by atoms with Gasteiger partial charge in [-0.05, 0) is 30.5 Å². The number of methoxy groups -OCH3 is 1. The summed E-state index contributed by atoms with van der Waals surface area (Å²) in [5.74, 6) is 0.106. The lowest BCUT2D eigenvalue weighted by atomic mass is 10.0. The van der Waals surface area contributed by atoms with Gasteiger partial charge in [0, 0.05) is 16.8 Å². The maximum absolute atomic E-state index is 11.7. The SMILES string of the molecule is CCC(Nc1ccc(Cl)cc1C(=O)OC)C(C)C. The van der Waals surface area contributed by atoms with Gasteiger partial charge in [0.1, 0.15) is 0 Å². The molecule has 18 heavy (non-hydrogen) atoms. The number of nitrogens with one attached hydrogen (secondary N) is 1. The monoisotopic (exact) mass is 269 g/mol. The van der Waals surface area contributed by atoms with E-state index in [0.29, 0.717) is 22.5 Å². The van der Waals surface area contributed by atoms with Crippen LogP contribution in [-0.4, -0.2) is 19.1 Å². The van der Waals surface area contributed by atoms with Crippen LogP contribution in [0.25, 0.3) is 0 Å². The molecule has 0 aliphatic carbocycles. The van der Waals surface area contributed by atoms with Gasteiger partial charge in [0.2, 0.25) is 0 Å². The molecule has 0 saturated heterocycles. The topological polar surface area (TPSA) is 38.3 Å². The molecule has 0 saturated carbocycles. The Labute approximate surface area is 113 Å². The molecular formula is C14H20ClNO2. The molecule has 1 rings (SSSR count). The number of esters is 1. The Kier molecular flexibility index (Phi) is 5.48. The van der Waals surface area contributed by atoms with Gasteiger partial charge < -0.3 is 10.1 Å². The molecule has 0 heterocycles. The molecule has 0 radical (unpaired) electrons. The highest BCUT2D eigenvalue weighted by atomic mass is 35.5. The van der Waals surface area contributed by atoms with Crippen molar-refractivity contribution >= 4 is 23.3 Å². The third-order valence-electron chi connectivity index (χ3n) is 2.97. The van der Waals surface area contributed by atoms with E-state index in [2.05, 4.69) is 26.1 Å². The van der Waals surface area contributed by atoms with Crippen LogP contribution in [0.1, 0.15) is 37.6 Å². The zero-order chi connectivity index (χ0) is 13.7. The highest BCUT2D eigenvalue weighted by Gasteiger charge is 2.17. The first-order valence-corrected chi connectivity index (χ1v) is 6.51. The summed E-state index contributed by atoms with van der Waals surface area (Å²) in [6.07, 6.45) is 0.987. The number of benzene rings is 1. The molecule has 1 atom stereocenters. The molecule has 1 unspecified atom stereocenters. The molecule has 4 heteroatoms. The van der Waals surface area contributed by atoms with Crippen molar-refractivity contribution in [3.05, 3.63) is 28.8 Å². The fourth-order valence-corrected chi connectivity index (χ4v) is 2.03. The minimum atomic E-state index is -0.376. The van der Waals surface area contributed by atoms with Gasteiger partial charge in [0.25, 0.3) is 0 Å². The summed E-state index contributed by atoms with van der Waals surface area (Å²) in [5, 5.41) is 3.91. The first-order valence-electron chi connectivity index (χ1n) is 6.14. The summed E-state index contributed by atoms with van der Waals surface area (Å²) >= 11 is 5.92. The van der Waals surface area contributed by atoms with Crippen molar-refractivity contribution in [3.8, 4) is 0 Å². The molecule has 0 bridgehead atoms. The summed E-state index contributed by atoms with van der Waals surface area (Å²) in [5.41, 5.74) is 1.25. The number of rotatable bonds is 5. The zero-order valence-corrected chi connectivity index (χ0v) is 12.0. The molecule has 0 aliphatic heterocycles. The molecule has 1 N–H and O–H groups in total. The fourth-order valence-electron chi connectivity index (χ4n) is 1.86. The first kappa shape index (κ1) is 14.8. The standard InChI is InChI=1S/C14H20ClNO2/c1-5-12(9(2)3)16-13-7-6-10(15)8-11(13)14(17)18-4/h6-9,12,16H,5H2,1-4H3. The summed E-state index contributed by atoms with van der Waals surface area (Å²) in [7, 11) is 1.37. The van der Waals surface area contributed by atoms with Gasteiger partial charge in [-0.3, -0.25) is 0 Å². The van der Waals surface area contributed by atoms with E-state index < -0.39 is 0 Å². The average Bonchev–Trinajstić information content (AvgIpc) is 2.35. The van der Waals surface area contributed by atoms with Crippen molar-refractivity contribution in [2.45, 2.75) is 33.2 Å². The van der Waals surface area contributed by atoms with E-state index in [1.54, 1.807) is 12.1 Å². The van der Waals surface area contributed by atoms with E-state index >= 15 is 0 Å². The molecule has 1 aromatic carbocycles. The van der Waals surface area contributed by atoms with Crippen LogP contribution in [0.15, 0.2) is 18.2 Å². The van der Waals surface area contributed by atoms with E-state index in [9.17, 15) is 4.79 Å². The van der Waals surface area contributed by atoms with Crippen molar-refractivity contribution in [1.82, 2.24) is 0 Å². The number of anilines is 1. The van der Waals surface area contributed by atoms with E-state index in [4.69, 9.17) is 16.3 Å². The summed E-state index contributed by atoms with van der Waals surface area (Å²) in [4.78, 5) is 11.7. The smallest absolute Gasteiger partial charge is 0.340 e. The van der Waals surface area contributed by atoms with Gasteiger partial charge in [0.05, 0.1) is 12.7 Å². The molecule has 100 valence electrons. The lowest BCUT2D eigenvalue weighted by Gasteiger charge is -2.23. The molecule has 1 aromatic rings. The number of halogens is 1. The van der Waals surface area contributed by atoms with E-state index in [-0.39, 0.29) is 5.97 Å². The lowest BCUT2D eigenvalue weighted by Crippen LogP contribution is -2.25. The predicted octanol–water partition coefficient (Wildman–Crippen LogP) is 3.97. The number of carbonyl (C=O) groups is 1. The fraction of sp³-hybridized carbons (Fsp3) is 0.500. The van der Waals surface area contributed by atoms with E-state index in [1.807, 2.05) is 6.07 Å². The molecule has 3 nitrogen and oxygen atoms in total. The van der Waals surface area contributed by atoms with Crippen LogP contribution in [0, 0.1) is 5.92 Å². The number of ether oxygens (including phenoxy) is 1. The van der Waals surface area contributed by atoms with E-state index in [1.165, 1.54) is 7.11 Å². The second kappa shape index (κ2) is 6.64. The number of carbonyl (C=O) groups excluding carboxylic acids is 1. The maximum atomic E-state index is 11.7. The zero-order valence-electron chi connectivity index (χ0n) is 11.3. The number of hydrogen-bond acceptors (Lipinski definition) is 3. The third-order valence-corrected chi connectivity index (χ3v) is 3.21. The second-order valence-corrected chi connectivity index (χ2v) is 5.02. The Hall–Kier alpha value is -1.22. The average molecular weight is 270 g/mol. The Morgan fingerprint density at radius 2 is 2.11 bits per heavy atom. The van der Waals surface area contributed by atoms with Gasteiger partial charge in [-0.2, -0.15) is 0 Å². The van der Waals surface area contributed by atoms with Crippen molar-refractivity contribution in [1.29, 1.82) is 0 Å². The Morgan fingerprint density at radius 1 is 1.44 bits per heavy atom. The van der Waals surface area contributed by atoms with Crippen molar-refractivity contribution in [3.63, 3.8) is 0 Å². The summed E-state index contributed by atoms with van der Waals surface area (Å²) < 4.78 is 4.77. The molecular weight excluding hydrogens is 250 g/mol. The highest BCUT2D eigenvalue weighted by molar-refractivity contribution is 6.31. The highest BCUT2D eigenvalue weighted by Crippen LogP contribution is 2.24. The lowest BCUT2D eigenvalue weighted by molar-refractivity contribution is 0.0601. The van der Waals surface area contributed by atoms with Crippen LogP contribution < -0.4 is 5.32 Å². The normalized spacial score (nSPS) is 12.3. The molecule has 0 aliphatic rings. The largest absolute Gasteiger partial charge is 0.465 e. The molecule has 0 amide bonds. The minimum absolute atomic E-state index is 0.314. The van der Waals surface area contributed by atoms with Crippen molar-refractivity contribution in [2.24, 2.45) is 5.92 Å². The second-order valence-electron chi connectivity index (χ2n) is 4.58. The molecule has 0 fully saturated rings. The Bertz CT molecular complexity index is 418. The number of hydrogen-bond donors (Lipinski definition) is 1. The van der Waals surface area contributed by atoms with Gasteiger partial charge in [0.15, 0.2) is 0 Å². The summed E-state index contributed by atoms with van der Waals surface area (Å²) in [6, 6.07) is 5.53. The Morgan fingerprint density at radius 3 is 2.61 bits per heavy atom. The van der Waals surface area contributed by atoms with Crippen LogP contribution in [0.2, 0.25) is 5.02 Å². The van der Waals surface area contributed by atoms with Crippen LogP contribution in [-0.2, 0) is 4.74 Å². The third kappa shape index (κ3) is 3.64. The van der Waals surface area contributed by atoms with Gasteiger partial charge in [-0.25, -0.2) is 4.79 Å². The first-order chi connectivity index (χ1) is 8.49. The minimum Gasteiger partial charge on any atom is -0.465 e. The molecule has 0 spiro atoms. The molecule has 0 aromatic heterocycles. The van der Waals surface area contributed by atoms with Crippen LogP contribution >= 0.6 is 11.6 Å².